The minimum Gasteiger partial charge on any atom is -0.508 e. The summed E-state index contributed by atoms with van der Waals surface area (Å²) in [5, 5.41) is 16.9. The molecule has 8 nitrogen and oxygen atoms in total. The van der Waals surface area contributed by atoms with Gasteiger partial charge in [0, 0.05) is 7.05 Å². The number of hydrogen-bond acceptors (Lipinski definition) is 4. The van der Waals surface area contributed by atoms with E-state index in [1.807, 2.05) is 0 Å². The van der Waals surface area contributed by atoms with E-state index in [1.54, 1.807) is 12.1 Å². The number of imide groups is 1. The molecular formula is C13H14N4O4. The molecule has 2 aliphatic heterocycles. The lowest BCUT2D eigenvalue weighted by Crippen LogP contribution is -2.71. The second-order valence-corrected chi connectivity index (χ2v) is 5.06. The molecule has 5 amide bonds. The van der Waals surface area contributed by atoms with E-state index in [9.17, 15) is 19.5 Å². The Morgan fingerprint density at radius 1 is 1.10 bits per heavy atom. The molecule has 0 aliphatic carbocycles. The number of hydrogen-bond donors (Lipinski definition) is 4. The van der Waals surface area contributed by atoms with Crippen molar-refractivity contribution in [3.63, 3.8) is 0 Å². The van der Waals surface area contributed by atoms with Crippen LogP contribution in [0.5, 0.6) is 5.75 Å². The summed E-state index contributed by atoms with van der Waals surface area (Å²) in [6, 6.07) is 4.64. The van der Waals surface area contributed by atoms with Gasteiger partial charge >= 0.3 is 12.1 Å². The van der Waals surface area contributed by atoms with Crippen LogP contribution in [0.3, 0.4) is 0 Å². The van der Waals surface area contributed by atoms with Crippen LogP contribution in [0, 0.1) is 5.92 Å². The number of fused-ring (bicyclic) bond motifs is 1. The third-order valence-electron chi connectivity index (χ3n) is 3.79. The highest BCUT2D eigenvalue weighted by Crippen LogP contribution is 2.31. The summed E-state index contributed by atoms with van der Waals surface area (Å²) in [6.45, 7) is 0. The Balaban J connectivity index is 1.99. The lowest BCUT2D eigenvalue weighted by atomic mass is 9.86. The van der Waals surface area contributed by atoms with E-state index in [0.29, 0.717) is 5.56 Å². The first-order chi connectivity index (χ1) is 9.97. The van der Waals surface area contributed by atoms with Crippen molar-refractivity contribution in [1.82, 2.24) is 20.9 Å². The van der Waals surface area contributed by atoms with E-state index in [-0.39, 0.29) is 5.75 Å². The van der Waals surface area contributed by atoms with E-state index in [0.717, 1.165) is 0 Å². The molecule has 0 bridgehead atoms. The molecule has 0 saturated carbocycles. The molecule has 0 radical (unpaired) electrons. The minimum absolute atomic E-state index is 0.0935. The highest BCUT2D eigenvalue weighted by atomic mass is 16.3. The Hall–Kier alpha value is -2.77. The van der Waals surface area contributed by atoms with Gasteiger partial charge in [-0.1, -0.05) is 12.1 Å². The first kappa shape index (κ1) is 13.2. The number of benzene rings is 1. The van der Waals surface area contributed by atoms with Gasteiger partial charge in [0.05, 0.1) is 6.04 Å². The van der Waals surface area contributed by atoms with Gasteiger partial charge in [0.25, 0.3) is 0 Å². The number of amides is 5. The monoisotopic (exact) mass is 290 g/mol. The van der Waals surface area contributed by atoms with Crippen LogP contribution in [0.2, 0.25) is 0 Å². The standard InChI is InChI=1S/C13H14N4O4/c1-17-10-8(11(19)16-13(17)21)9(14-12(20)15-10)6-2-4-7(18)5-3-6/h2-5,8-10,18H,1H3,(H2,14,15,20)(H,16,19,21). The van der Waals surface area contributed by atoms with Gasteiger partial charge in [0.15, 0.2) is 0 Å². The van der Waals surface area contributed by atoms with Crippen LogP contribution in [0.25, 0.3) is 0 Å². The number of rotatable bonds is 1. The first-order valence-corrected chi connectivity index (χ1v) is 6.41. The van der Waals surface area contributed by atoms with Crippen LogP contribution in [0.15, 0.2) is 24.3 Å². The second kappa shape index (κ2) is 4.65. The number of aromatic hydroxyl groups is 1. The summed E-state index contributed by atoms with van der Waals surface area (Å²) in [7, 11) is 1.51. The molecule has 2 aliphatic rings. The van der Waals surface area contributed by atoms with Gasteiger partial charge in [-0.2, -0.15) is 0 Å². The first-order valence-electron chi connectivity index (χ1n) is 6.41. The number of nitrogens with one attached hydrogen (secondary N) is 3. The van der Waals surface area contributed by atoms with E-state index in [4.69, 9.17) is 0 Å². The summed E-state index contributed by atoms with van der Waals surface area (Å²) >= 11 is 0. The van der Waals surface area contributed by atoms with Crippen molar-refractivity contribution < 1.29 is 19.5 Å². The number of carbonyl (C=O) groups is 3. The Kier molecular flexibility index (Phi) is 2.93. The molecule has 2 fully saturated rings. The fraction of sp³-hybridized carbons (Fsp3) is 0.308. The van der Waals surface area contributed by atoms with Crippen molar-refractivity contribution in [2.75, 3.05) is 7.05 Å². The maximum Gasteiger partial charge on any atom is 0.325 e. The van der Waals surface area contributed by atoms with Crippen LogP contribution in [-0.2, 0) is 4.79 Å². The average molecular weight is 290 g/mol. The van der Waals surface area contributed by atoms with Crippen molar-refractivity contribution in [1.29, 1.82) is 0 Å². The smallest absolute Gasteiger partial charge is 0.325 e. The molecule has 1 aromatic rings. The van der Waals surface area contributed by atoms with Gasteiger partial charge in [0.2, 0.25) is 5.91 Å². The second-order valence-electron chi connectivity index (χ2n) is 5.06. The van der Waals surface area contributed by atoms with Crippen molar-refractivity contribution in [3.8, 4) is 5.75 Å². The number of phenols is 1. The molecule has 1 aromatic carbocycles. The van der Waals surface area contributed by atoms with Crippen LogP contribution in [0.4, 0.5) is 9.59 Å². The van der Waals surface area contributed by atoms with Gasteiger partial charge in [-0.3, -0.25) is 10.1 Å². The predicted octanol–water partition coefficient (Wildman–Crippen LogP) is -0.130. The maximum atomic E-state index is 12.1. The number of nitrogens with zero attached hydrogens (tertiary/aromatic N) is 1. The highest BCUT2D eigenvalue weighted by Gasteiger charge is 2.48. The van der Waals surface area contributed by atoms with Crippen LogP contribution in [0.1, 0.15) is 11.6 Å². The molecule has 2 saturated heterocycles. The summed E-state index contributed by atoms with van der Waals surface area (Å²) in [5.74, 6) is -1.01. The Morgan fingerprint density at radius 3 is 2.43 bits per heavy atom. The molecule has 3 atom stereocenters. The van der Waals surface area contributed by atoms with Gasteiger partial charge in [-0.15, -0.1) is 0 Å². The fourth-order valence-corrected chi connectivity index (χ4v) is 2.69. The molecular weight excluding hydrogens is 276 g/mol. The molecule has 0 spiro atoms. The molecule has 0 aromatic heterocycles. The van der Waals surface area contributed by atoms with Gasteiger partial charge in [-0.05, 0) is 17.7 Å². The molecule has 4 N–H and O–H groups in total. The summed E-state index contributed by atoms with van der Waals surface area (Å²) in [5.41, 5.74) is 0.676. The molecule has 110 valence electrons. The normalized spacial score (nSPS) is 28.3. The maximum absolute atomic E-state index is 12.1. The molecule has 8 heteroatoms. The molecule has 2 heterocycles. The molecule has 3 unspecified atom stereocenters. The van der Waals surface area contributed by atoms with Crippen molar-refractivity contribution in [2.45, 2.75) is 12.2 Å². The van der Waals surface area contributed by atoms with Crippen molar-refractivity contribution in [2.24, 2.45) is 5.92 Å². The fourth-order valence-electron chi connectivity index (χ4n) is 2.69. The van der Waals surface area contributed by atoms with Gasteiger partial charge in [-0.25, -0.2) is 9.59 Å². The molecule has 21 heavy (non-hydrogen) atoms. The van der Waals surface area contributed by atoms with Crippen LogP contribution >= 0.6 is 0 Å². The summed E-state index contributed by atoms with van der Waals surface area (Å²) in [4.78, 5) is 36.9. The highest BCUT2D eigenvalue weighted by molar-refractivity contribution is 6.00. The zero-order valence-electron chi connectivity index (χ0n) is 11.2. The SMILES string of the molecule is CN1C(=O)NC(=O)C2C(c3ccc(O)cc3)NC(=O)NC21. The Bertz CT molecular complexity index is 615. The largest absolute Gasteiger partial charge is 0.508 e. The summed E-state index contributed by atoms with van der Waals surface area (Å²) < 4.78 is 0. The lowest BCUT2D eigenvalue weighted by molar-refractivity contribution is -0.130. The van der Waals surface area contributed by atoms with E-state index >= 15 is 0 Å². The third kappa shape index (κ3) is 2.14. The van der Waals surface area contributed by atoms with Gasteiger partial charge in [0.1, 0.15) is 17.8 Å². The van der Waals surface area contributed by atoms with E-state index in [2.05, 4.69) is 16.0 Å². The average Bonchev–Trinajstić information content (AvgIpc) is 2.44. The molecule has 3 rings (SSSR count). The Labute approximate surface area is 120 Å². The van der Waals surface area contributed by atoms with E-state index < -0.39 is 36.1 Å². The van der Waals surface area contributed by atoms with E-state index in [1.165, 1.54) is 24.1 Å². The third-order valence-corrected chi connectivity index (χ3v) is 3.79. The zero-order valence-corrected chi connectivity index (χ0v) is 11.2. The van der Waals surface area contributed by atoms with Crippen molar-refractivity contribution in [3.05, 3.63) is 29.8 Å². The number of phenolic OH excluding ortho intramolecular Hbond substituents is 1. The van der Waals surface area contributed by atoms with Crippen molar-refractivity contribution >= 4 is 18.0 Å². The number of carbonyl (C=O) groups excluding carboxylic acids is 3. The zero-order chi connectivity index (χ0) is 15.1. The minimum atomic E-state index is -0.709. The predicted molar refractivity (Wildman–Crippen MR) is 71.1 cm³/mol. The number of urea groups is 2. The van der Waals surface area contributed by atoms with Crippen LogP contribution < -0.4 is 16.0 Å². The lowest BCUT2D eigenvalue weighted by Gasteiger charge is -2.45. The van der Waals surface area contributed by atoms with Gasteiger partial charge < -0.3 is 20.6 Å². The van der Waals surface area contributed by atoms with Crippen LogP contribution in [-0.4, -0.2) is 41.2 Å². The topological polar surface area (TPSA) is 111 Å². The summed E-state index contributed by atoms with van der Waals surface area (Å²) in [6.07, 6.45) is -0.709. The Morgan fingerprint density at radius 2 is 1.76 bits per heavy atom. The quantitative estimate of drug-likeness (QED) is 0.577.